The van der Waals surface area contributed by atoms with E-state index in [2.05, 4.69) is 28.6 Å². The number of halogens is 2. The molecule has 0 spiro atoms. The van der Waals surface area contributed by atoms with E-state index in [0.717, 1.165) is 30.8 Å². The highest BCUT2D eigenvalue weighted by molar-refractivity contribution is 8.00. The summed E-state index contributed by atoms with van der Waals surface area (Å²) in [6.45, 7) is 2.96. The number of rotatable bonds is 8. The van der Waals surface area contributed by atoms with Gasteiger partial charge in [-0.25, -0.2) is 9.37 Å². The number of aryl methyl sites for hydroxylation is 1. The first-order valence-electron chi connectivity index (χ1n) is 8.74. The third kappa shape index (κ3) is 4.89. The van der Waals surface area contributed by atoms with E-state index >= 15 is 0 Å². The molecule has 1 atom stereocenters. The van der Waals surface area contributed by atoms with Crippen LogP contribution in [0, 0.1) is 5.82 Å². The summed E-state index contributed by atoms with van der Waals surface area (Å²) in [6, 6.07) is 15.0. The van der Waals surface area contributed by atoms with Crippen LogP contribution >= 0.6 is 23.4 Å². The van der Waals surface area contributed by atoms with Crippen LogP contribution in [0.15, 0.2) is 72.1 Å². The number of aromatic nitrogens is 2. The molecule has 0 aliphatic heterocycles. The zero-order valence-electron chi connectivity index (χ0n) is 14.7. The van der Waals surface area contributed by atoms with E-state index in [1.807, 2.05) is 36.8 Å². The van der Waals surface area contributed by atoms with Crippen molar-refractivity contribution in [3.63, 3.8) is 0 Å². The van der Waals surface area contributed by atoms with Gasteiger partial charge in [0.2, 0.25) is 0 Å². The first kappa shape index (κ1) is 19.0. The summed E-state index contributed by atoms with van der Waals surface area (Å²) in [5.41, 5.74) is 1.24. The van der Waals surface area contributed by atoms with Gasteiger partial charge in [-0.1, -0.05) is 42.8 Å². The Hall–Kier alpha value is -1.78. The van der Waals surface area contributed by atoms with Crippen molar-refractivity contribution in [1.29, 1.82) is 0 Å². The zero-order valence-corrected chi connectivity index (χ0v) is 16.3. The minimum absolute atomic E-state index is 0.122. The minimum Gasteiger partial charge on any atom is -0.336 e. The maximum atomic E-state index is 14.3. The van der Waals surface area contributed by atoms with Gasteiger partial charge in [0.05, 0.1) is 6.33 Å². The van der Waals surface area contributed by atoms with E-state index in [9.17, 15) is 4.39 Å². The van der Waals surface area contributed by atoms with Crippen LogP contribution in [-0.2, 0) is 13.0 Å². The Bertz CT molecular complexity index is 820. The molecule has 1 unspecified atom stereocenters. The monoisotopic (exact) mass is 388 g/mol. The summed E-state index contributed by atoms with van der Waals surface area (Å²) in [5, 5.41) is 0.745. The molecule has 0 aliphatic carbocycles. The van der Waals surface area contributed by atoms with Crippen molar-refractivity contribution >= 4 is 23.4 Å². The highest BCUT2D eigenvalue weighted by Gasteiger charge is 2.31. The smallest absolute Gasteiger partial charge is 0.136 e. The van der Waals surface area contributed by atoms with Crippen LogP contribution in [-0.4, -0.2) is 14.3 Å². The maximum absolute atomic E-state index is 14.3. The summed E-state index contributed by atoms with van der Waals surface area (Å²) >= 11 is 7.63. The molecule has 0 saturated carbocycles. The summed E-state index contributed by atoms with van der Waals surface area (Å²) in [6.07, 6.45) is 8.36. The summed E-state index contributed by atoms with van der Waals surface area (Å²) in [4.78, 5) is 4.86. The van der Waals surface area contributed by atoms with Crippen molar-refractivity contribution in [2.45, 2.75) is 42.4 Å². The second kappa shape index (κ2) is 8.74. The average Bonchev–Trinajstić information content (AvgIpc) is 3.16. The number of hydrogen-bond donors (Lipinski definition) is 0. The lowest BCUT2D eigenvalue weighted by Crippen LogP contribution is -2.30. The third-order valence-electron chi connectivity index (χ3n) is 4.62. The molecule has 136 valence electrons. The van der Waals surface area contributed by atoms with Crippen LogP contribution in [0.1, 0.15) is 25.3 Å². The van der Waals surface area contributed by atoms with E-state index in [-0.39, 0.29) is 10.6 Å². The molecular weight excluding hydrogens is 367 g/mol. The Morgan fingerprint density at radius 3 is 2.58 bits per heavy atom. The lowest BCUT2D eigenvalue weighted by Gasteiger charge is -2.33. The van der Waals surface area contributed by atoms with Gasteiger partial charge < -0.3 is 4.57 Å². The molecule has 0 fully saturated rings. The molecule has 3 aromatic rings. The SMILES string of the molecule is CCC(CCc1ccc(Cl)cc1)(Cn1ccnc1)Sc1ccccc1F. The van der Waals surface area contributed by atoms with E-state index in [1.54, 1.807) is 24.0 Å². The lowest BCUT2D eigenvalue weighted by atomic mass is 9.96. The van der Waals surface area contributed by atoms with Crippen LogP contribution < -0.4 is 0 Å². The number of imidazole rings is 1. The fourth-order valence-corrected chi connectivity index (χ4v) is 4.49. The molecule has 5 heteroatoms. The first-order valence-corrected chi connectivity index (χ1v) is 9.93. The van der Waals surface area contributed by atoms with E-state index < -0.39 is 0 Å². The van der Waals surface area contributed by atoms with Crippen molar-refractivity contribution in [1.82, 2.24) is 9.55 Å². The number of benzene rings is 2. The van der Waals surface area contributed by atoms with Gasteiger partial charge in [0.25, 0.3) is 0 Å². The molecule has 0 N–H and O–H groups in total. The largest absolute Gasteiger partial charge is 0.336 e. The molecule has 0 saturated heterocycles. The average molecular weight is 389 g/mol. The molecular formula is C21H22ClFN2S. The van der Waals surface area contributed by atoms with E-state index in [1.165, 1.54) is 11.6 Å². The molecule has 2 nitrogen and oxygen atoms in total. The Labute approximate surface area is 163 Å². The number of nitrogens with zero attached hydrogens (tertiary/aromatic N) is 2. The molecule has 2 aromatic carbocycles. The Morgan fingerprint density at radius 2 is 1.92 bits per heavy atom. The minimum atomic E-state index is -0.160. The van der Waals surface area contributed by atoms with Crippen LogP contribution in [0.2, 0.25) is 5.02 Å². The highest BCUT2D eigenvalue weighted by Crippen LogP contribution is 2.41. The van der Waals surface area contributed by atoms with E-state index in [0.29, 0.717) is 4.90 Å². The van der Waals surface area contributed by atoms with Gasteiger partial charge in [0.1, 0.15) is 5.82 Å². The molecule has 0 radical (unpaired) electrons. The van der Waals surface area contributed by atoms with Gasteiger partial charge in [0, 0.05) is 33.6 Å². The van der Waals surface area contributed by atoms with Gasteiger partial charge >= 0.3 is 0 Å². The predicted molar refractivity (Wildman–Crippen MR) is 107 cm³/mol. The van der Waals surface area contributed by atoms with Crippen LogP contribution in [0.4, 0.5) is 4.39 Å². The predicted octanol–water partition coefficient (Wildman–Crippen LogP) is 6.25. The third-order valence-corrected chi connectivity index (χ3v) is 6.48. The van der Waals surface area contributed by atoms with Crippen LogP contribution in [0.25, 0.3) is 0 Å². The summed E-state index contributed by atoms with van der Waals surface area (Å²) in [7, 11) is 0. The highest BCUT2D eigenvalue weighted by atomic mass is 35.5. The quantitative estimate of drug-likeness (QED) is 0.424. The van der Waals surface area contributed by atoms with E-state index in [4.69, 9.17) is 11.6 Å². The zero-order chi connectivity index (χ0) is 18.4. The number of thioether (sulfide) groups is 1. The van der Waals surface area contributed by atoms with Crippen molar-refractivity contribution in [3.05, 3.63) is 83.7 Å². The Balaban J connectivity index is 1.83. The van der Waals surface area contributed by atoms with Crippen LogP contribution in [0.3, 0.4) is 0 Å². The fourth-order valence-electron chi connectivity index (χ4n) is 3.02. The maximum Gasteiger partial charge on any atom is 0.136 e. The normalized spacial score (nSPS) is 13.5. The van der Waals surface area contributed by atoms with Crippen molar-refractivity contribution in [2.24, 2.45) is 0 Å². The van der Waals surface area contributed by atoms with Gasteiger partial charge in [0.15, 0.2) is 0 Å². The van der Waals surface area contributed by atoms with Crippen LogP contribution in [0.5, 0.6) is 0 Å². The summed E-state index contributed by atoms with van der Waals surface area (Å²) in [5.74, 6) is -0.160. The molecule has 3 rings (SSSR count). The topological polar surface area (TPSA) is 17.8 Å². The molecule has 1 heterocycles. The van der Waals surface area contributed by atoms with Gasteiger partial charge in [-0.2, -0.15) is 0 Å². The molecule has 0 amide bonds. The van der Waals surface area contributed by atoms with Crippen molar-refractivity contribution < 1.29 is 4.39 Å². The molecule has 0 bridgehead atoms. The fraction of sp³-hybridized carbons (Fsp3) is 0.286. The van der Waals surface area contributed by atoms with Crippen molar-refractivity contribution in [3.8, 4) is 0 Å². The van der Waals surface area contributed by atoms with Crippen molar-refractivity contribution in [2.75, 3.05) is 0 Å². The standard InChI is InChI=1S/C21H22ClFN2S/c1-2-21(15-25-14-13-24-16-25,26-20-6-4-3-5-19(20)23)12-11-17-7-9-18(22)10-8-17/h3-10,13-14,16H,2,11-12,15H2,1H3. The van der Waals surface area contributed by atoms with Gasteiger partial charge in [-0.05, 0) is 49.1 Å². The second-order valence-corrected chi connectivity index (χ2v) is 8.38. The lowest BCUT2D eigenvalue weighted by molar-refractivity contribution is 0.447. The Kier molecular flexibility index (Phi) is 6.38. The van der Waals surface area contributed by atoms with Gasteiger partial charge in [-0.3, -0.25) is 0 Å². The molecule has 1 aromatic heterocycles. The number of hydrogen-bond acceptors (Lipinski definition) is 2. The van der Waals surface area contributed by atoms with Gasteiger partial charge in [-0.15, -0.1) is 11.8 Å². The summed E-state index contributed by atoms with van der Waals surface area (Å²) < 4.78 is 16.2. The molecule has 0 aliphatic rings. The Morgan fingerprint density at radius 1 is 1.15 bits per heavy atom. The molecule has 26 heavy (non-hydrogen) atoms. The first-order chi connectivity index (χ1) is 12.6. The second-order valence-electron chi connectivity index (χ2n) is 6.43.